The van der Waals surface area contributed by atoms with E-state index >= 15 is 0 Å². The zero-order valence-corrected chi connectivity index (χ0v) is 7.08. The van der Waals surface area contributed by atoms with Gasteiger partial charge in [0.1, 0.15) is 5.36 Å². The number of carbonyl (C=O) groups is 2. The van der Waals surface area contributed by atoms with Crippen LogP contribution < -0.4 is 10.7 Å². The normalized spacial score (nSPS) is 14.5. The van der Waals surface area contributed by atoms with Crippen molar-refractivity contribution in [2.24, 2.45) is 9.98 Å². The summed E-state index contributed by atoms with van der Waals surface area (Å²) >= 11 is 5.74. The van der Waals surface area contributed by atoms with Crippen molar-refractivity contribution in [1.29, 1.82) is 0 Å². The third-order valence-electron chi connectivity index (χ3n) is 1.58. The molecule has 0 aliphatic carbocycles. The Morgan fingerprint density at radius 1 is 1.08 bits per heavy atom. The third-order valence-corrected chi connectivity index (χ3v) is 1.89. The molecule has 13 heavy (non-hydrogen) atoms. The molecule has 0 bridgehead atoms. The highest BCUT2D eigenvalue weighted by atomic mass is 35.5. The van der Waals surface area contributed by atoms with Crippen LogP contribution in [-0.4, -0.2) is 11.8 Å². The predicted molar refractivity (Wildman–Crippen MR) is 43.8 cm³/mol. The van der Waals surface area contributed by atoms with Crippen LogP contribution in [0.5, 0.6) is 0 Å². The Kier molecular flexibility index (Phi) is 1.70. The Hall–Kier alpha value is -1.55. The van der Waals surface area contributed by atoms with Gasteiger partial charge in [-0.1, -0.05) is 17.7 Å². The van der Waals surface area contributed by atoms with E-state index in [1.54, 1.807) is 18.2 Å². The van der Waals surface area contributed by atoms with Crippen LogP contribution >= 0.6 is 11.6 Å². The lowest BCUT2D eigenvalue weighted by Gasteiger charge is -1.97. The number of amides is 2. The molecule has 1 aromatic carbocycles. The zero-order chi connectivity index (χ0) is 9.42. The summed E-state index contributed by atoms with van der Waals surface area (Å²) in [5.41, 5.74) is 0. The van der Waals surface area contributed by atoms with Crippen molar-refractivity contribution in [3.05, 3.63) is 33.9 Å². The average molecular weight is 195 g/mol. The van der Waals surface area contributed by atoms with E-state index in [4.69, 9.17) is 11.6 Å². The van der Waals surface area contributed by atoms with E-state index in [2.05, 4.69) is 9.98 Å². The first-order valence-corrected chi connectivity index (χ1v) is 3.86. The van der Waals surface area contributed by atoms with Gasteiger partial charge in [-0.05, 0) is 12.1 Å². The van der Waals surface area contributed by atoms with Crippen LogP contribution in [0.1, 0.15) is 0 Å². The molecule has 2 amide bonds. The molecule has 5 heteroatoms. The largest absolute Gasteiger partial charge is 0.338 e. The fourth-order valence-corrected chi connectivity index (χ4v) is 1.22. The Labute approximate surface area is 77.6 Å². The lowest BCUT2D eigenvalue weighted by molar-refractivity contribution is -0.135. The summed E-state index contributed by atoms with van der Waals surface area (Å²) in [4.78, 5) is 28.7. The van der Waals surface area contributed by atoms with Crippen LogP contribution in [-0.2, 0) is 9.59 Å². The molecule has 1 aliphatic rings. The Morgan fingerprint density at radius 2 is 1.77 bits per heavy atom. The van der Waals surface area contributed by atoms with Gasteiger partial charge in [-0.25, -0.2) is 9.98 Å². The lowest BCUT2D eigenvalue weighted by atomic mass is 10.3. The second-order valence-electron chi connectivity index (χ2n) is 2.44. The van der Waals surface area contributed by atoms with Gasteiger partial charge in [-0.15, -0.1) is 0 Å². The number of para-hydroxylation sites is 1. The number of carbonyl (C=O) groups excluding carboxylic acids is 2. The molecule has 1 heterocycles. The van der Waals surface area contributed by atoms with Crippen LogP contribution in [0, 0.1) is 0 Å². The highest BCUT2D eigenvalue weighted by Gasteiger charge is 2.15. The molecule has 0 fully saturated rings. The van der Waals surface area contributed by atoms with Crippen LogP contribution in [0.15, 0.2) is 28.2 Å². The summed E-state index contributed by atoms with van der Waals surface area (Å²) in [6, 6.07) is 4.81. The van der Waals surface area contributed by atoms with Gasteiger partial charge in [0.25, 0.3) is 0 Å². The molecule has 0 aromatic heterocycles. The lowest BCUT2D eigenvalue weighted by Crippen LogP contribution is -2.34. The summed E-state index contributed by atoms with van der Waals surface area (Å²) < 4.78 is 0. The minimum Gasteiger partial charge on any atom is -0.261 e. The van der Waals surface area contributed by atoms with Crippen molar-refractivity contribution >= 4 is 23.4 Å². The van der Waals surface area contributed by atoms with Gasteiger partial charge in [0, 0.05) is 0 Å². The minimum atomic E-state index is -0.874. The summed E-state index contributed by atoms with van der Waals surface area (Å²) in [5, 5.41) is 0.938. The molecule has 0 unspecified atom stereocenters. The maximum absolute atomic E-state index is 10.8. The molecular formula is C8H3ClN2O2. The number of fused-ring (bicyclic) bond motifs is 1. The SMILES string of the molecule is O=C1N=c2cccc(Cl)c2=NC1=O. The monoisotopic (exact) mass is 194 g/mol. The number of hydrogen-bond acceptors (Lipinski definition) is 2. The van der Waals surface area contributed by atoms with Gasteiger partial charge in [0.15, 0.2) is 0 Å². The highest BCUT2D eigenvalue weighted by molar-refractivity contribution is 6.36. The van der Waals surface area contributed by atoms with Crippen molar-refractivity contribution in [2.45, 2.75) is 0 Å². The number of halogens is 1. The van der Waals surface area contributed by atoms with Gasteiger partial charge in [0.05, 0.1) is 10.4 Å². The van der Waals surface area contributed by atoms with Crippen molar-refractivity contribution < 1.29 is 9.59 Å². The summed E-state index contributed by atoms with van der Waals surface area (Å²) in [6.07, 6.45) is 0. The second-order valence-corrected chi connectivity index (χ2v) is 2.85. The maximum Gasteiger partial charge on any atom is 0.338 e. The van der Waals surface area contributed by atoms with Crippen LogP contribution in [0.4, 0.5) is 0 Å². The minimum absolute atomic E-state index is 0.272. The van der Waals surface area contributed by atoms with E-state index < -0.39 is 11.8 Å². The molecule has 0 N–H and O–H groups in total. The van der Waals surface area contributed by atoms with E-state index in [9.17, 15) is 9.59 Å². The van der Waals surface area contributed by atoms with E-state index in [1.807, 2.05) is 0 Å². The Morgan fingerprint density at radius 3 is 2.54 bits per heavy atom. The number of nitrogens with zero attached hydrogens (tertiary/aromatic N) is 2. The maximum atomic E-state index is 10.8. The van der Waals surface area contributed by atoms with Gasteiger partial charge in [0.2, 0.25) is 0 Å². The first-order chi connectivity index (χ1) is 6.18. The van der Waals surface area contributed by atoms with Gasteiger partial charge in [-0.2, -0.15) is 0 Å². The van der Waals surface area contributed by atoms with E-state index in [0.717, 1.165) is 0 Å². The zero-order valence-electron chi connectivity index (χ0n) is 6.32. The molecule has 1 aliphatic heterocycles. The molecule has 0 spiro atoms. The summed E-state index contributed by atoms with van der Waals surface area (Å²) in [7, 11) is 0. The average Bonchev–Trinajstić information content (AvgIpc) is 2.09. The van der Waals surface area contributed by atoms with Crippen LogP contribution in [0.25, 0.3) is 0 Å². The smallest absolute Gasteiger partial charge is 0.261 e. The highest BCUT2D eigenvalue weighted by Crippen LogP contribution is 1.97. The Bertz CT molecular complexity index is 521. The standard InChI is InChI=1S/C8H3ClN2O2/c9-4-2-1-3-5-6(4)11-8(13)7(12)10-5/h1-3H. The molecule has 2 rings (SSSR count). The van der Waals surface area contributed by atoms with Crippen LogP contribution in [0.3, 0.4) is 0 Å². The van der Waals surface area contributed by atoms with Gasteiger partial charge in [-0.3, -0.25) is 9.59 Å². The molecule has 0 saturated heterocycles. The van der Waals surface area contributed by atoms with Crippen molar-refractivity contribution in [3.63, 3.8) is 0 Å². The number of hydrogen-bond donors (Lipinski definition) is 0. The van der Waals surface area contributed by atoms with Crippen LogP contribution in [0.2, 0.25) is 5.02 Å². The quantitative estimate of drug-likeness (QED) is 0.530. The first-order valence-electron chi connectivity index (χ1n) is 3.49. The number of benzene rings is 1. The fraction of sp³-hybridized carbons (Fsp3) is 0. The van der Waals surface area contributed by atoms with Crippen molar-refractivity contribution in [1.82, 2.24) is 0 Å². The summed E-state index contributed by atoms with van der Waals surface area (Å²) in [5.74, 6) is -1.73. The Balaban J connectivity index is 2.92. The topological polar surface area (TPSA) is 58.9 Å². The van der Waals surface area contributed by atoms with Crippen molar-refractivity contribution in [3.8, 4) is 0 Å². The van der Waals surface area contributed by atoms with E-state index in [1.165, 1.54) is 0 Å². The fourth-order valence-electron chi connectivity index (χ4n) is 1.01. The first kappa shape index (κ1) is 8.07. The predicted octanol–water partition coefficient (Wildman–Crippen LogP) is -0.354. The molecule has 64 valence electrons. The van der Waals surface area contributed by atoms with Crippen molar-refractivity contribution in [2.75, 3.05) is 0 Å². The number of rotatable bonds is 0. The van der Waals surface area contributed by atoms with Gasteiger partial charge >= 0.3 is 11.8 Å². The third kappa shape index (κ3) is 1.25. The van der Waals surface area contributed by atoms with E-state index in [-0.39, 0.29) is 5.36 Å². The molecule has 0 atom stereocenters. The molecule has 4 nitrogen and oxygen atoms in total. The van der Waals surface area contributed by atoms with Gasteiger partial charge < -0.3 is 0 Å². The molecule has 0 saturated carbocycles. The molecule has 1 aromatic rings. The molecule has 0 radical (unpaired) electrons. The second kappa shape index (κ2) is 2.74. The summed E-state index contributed by atoms with van der Waals surface area (Å²) in [6.45, 7) is 0. The van der Waals surface area contributed by atoms with E-state index in [0.29, 0.717) is 10.4 Å². The molecular weight excluding hydrogens is 192 g/mol.